The molecule has 4 heterocycles. The van der Waals surface area contributed by atoms with E-state index in [-0.39, 0.29) is 18.4 Å². The van der Waals surface area contributed by atoms with Crippen LogP contribution < -0.4 is 19.9 Å². The maximum atomic E-state index is 13.3. The number of urea groups is 1. The zero-order valence-electron chi connectivity index (χ0n) is 21.9. The van der Waals surface area contributed by atoms with Crippen LogP contribution in [-0.2, 0) is 16.0 Å². The van der Waals surface area contributed by atoms with E-state index in [0.29, 0.717) is 16.9 Å². The number of fused-ring (bicyclic) bond motifs is 1. The predicted octanol–water partition coefficient (Wildman–Crippen LogP) is 2.99. The number of ether oxygens (including phenoxy) is 2. The van der Waals surface area contributed by atoms with Gasteiger partial charge in [-0.05, 0) is 49.9 Å². The van der Waals surface area contributed by atoms with Crippen molar-refractivity contribution in [1.82, 2.24) is 5.32 Å². The lowest BCUT2D eigenvalue weighted by Gasteiger charge is -2.53. The van der Waals surface area contributed by atoms with Crippen molar-refractivity contribution in [2.75, 3.05) is 49.8 Å². The number of nitrogens with zero attached hydrogens (tertiary/aromatic N) is 4. The minimum Gasteiger partial charge on any atom is -0.486 e. The van der Waals surface area contributed by atoms with Gasteiger partial charge in [0, 0.05) is 44.5 Å². The Morgan fingerprint density at radius 3 is 2.68 bits per heavy atom. The number of hydrogen-bond acceptors (Lipinski definition) is 6. The van der Waals surface area contributed by atoms with Gasteiger partial charge in [0.05, 0.1) is 17.8 Å². The van der Waals surface area contributed by atoms with Gasteiger partial charge in [-0.1, -0.05) is 39.6 Å². The smallest absolute Gasteiger partial charge is 0.486 e. The highest BCUT2D eigenvalue weighted by atomic mass is 16.5. The number of rotatable bonds is 4. The van der Waals surface area contributed by atoms with Crippen LogP contribution >= 0.6 is 0 Å². The van der Waals surface area contributed by atoms with Crippen molar-refractivity contribution in [3.05, 3.63) is 53.6 Å². The zero-order valence-corrected chi connectivity index (χ0v) is 21.9. The number of hydrogen-bond donors (Lipinski definition) is 1. The van der Waals surface area contributed by atoms with Crippen LogP contribution in [0, 0.1) is 18.3 Å². The number of hydrazone groups is 1. The molecule has 4 aliphatic heterocycles. The molecule has 2 atom stereocenters. The second kappa shape index (κ2) is 9.87. The molecule has 38 heavy (non-hydrogen) atoms. The Morgan fingerprint density at radius 2 is 1.92 bits per heavy atom. The summed E-state index contributed by atoms with van der Waals surface area (Å²) in [6, 6.07) is 13.0. The van der Waals surface area contributed by atoms with Gasteiger partial charge in [0.1, 0.15) is 18.6 Å². The SMILES string of the molecule is Cc1ccc(CC2C=N[N+](C(=O)NC3COc4ccc(N5CC6(CCOCC6)C5)cc4N(C)C3=O)=C2)cc1. The summed E-state index contributed by atoms with van der Waals surface area (Å²) < 4.78 is 12.8. The average molecular weight is 517 g/mol. The Labute approximate surface area is 222 Å². The summed E-state index contributed by atoms with van der Waals surface area (Å²) in [5, 5.41) is 7.06. The molecular weight excluding hydrogens is 482 g/mol. The molecule has 0 saturated carbocycles. The Hall–Kier alpha value is -3.72. The predicted molar refractivity (Wildman–Crippen MR) is 146 cm³/mol. The third-order valence-corrected chi connectivity index (χ3v) is 8.12. The van der Waals surface area contributed by atoms with Gasteiger partial charge in [-0.25, -0.2) is 5.32 Å². The molecule has 1 N–H and O–H groups in total. The maximum Gasteiger partial charge on any atom is 0.517 e. The highest BCUT2D eigenvalue weighted by Gasteiger charge is 2.44. The van der Waals surface area contributed by atoms with Crippen LogP contribution in [0.2, 0.25) is 0 Å². The number of carbonyl (C=O) groups excluding carboxylic acids is 2. The first kappa shape index (κ1) is 24.6. The lowest BCUT2D eigenvalue weighted by molar-refractivity contribution is -0.425. The topological polar surface area (TPSA) is 86.5 Å². The molecule has 2 aromatic carbocycles. The van der Waals surface area contributed by atoms with Gasteiger partial charge < -0.3 is 19.3 Å². The van der Waals surface area contributed by atoms with Crippen molar-refractivity contribution in [3.63, 3.8) is 0 Å². The van der Waals surface area contributed by atoms with Gasteiger partial charge in [-0.2, -0.15) is 4.79 Å². The summed E-state index contributed by atoms with van der Waals surface area (Å²) in [7, 11) is 1.73. The first-order valence-corrected chi connectivity index (χ1v) is 13.3. The van der Waals surface area contributed by atoms with Crippen LogP contribution in [0.25, 0.3) is 0 Å². The fraction of sp³-hybridized carbons (Fsp3) is 0.448. The molecule has 9 nitrogen and oxygen atoms in total. The minimum atomic E-state index is -0.822. The molecule has 198 valence electrons. The molecule has 0 radical (unpaired) electrons. The standard InChI is InChI=1S/C29H33N5O4/c1-20-3-5-21(6-4-20)13-22-15-30-34(16-22)28(36)31-24-17-38-26-8-7-23(14-25(26)32(2)27(24)35)33-18-29(19-33)9-11-37-12-10-29/h3-8,14-16,22,24H,9-13,17-19H2,1-2H3/p+1. The maximum absolute atomic E-state index is 13.3. The van der Waals surface area contributed by atoms with E-state index in [4.69, 9.17) is 9.47 Å². The fourth-order valence-corrected chi connectivity index (χ4v) is 5.71. The molecule has 2 fully saturated rings. The summed E-state index contributed by atoms with van der Waals surface area (Å²) in [4.78, 5) is 30.2. The van der Waals surface area contributed by atoms with Crippen LogP contribution in [0.1, 0.15) is 24.0 Å². The van der Waals surface area contributed by atoms with Gasteiger partial charge >= 0.3 is 6.03 Å². The number of likely N-dealkylation sites (N-methyl/N-ethyl adjacent to an activating group) is 1. The van der Waals surface area contributed by atoms with E-state index in [9.17, 15) is 9.59 Å². The second-order valence-corrected chi connectivity index (χ2v) is 10.9. The third-order valence-electron chi connectivity index (χ3n) is 8.12. The number of aryl methyl sites for hydroxylation is 1. The quantitative estimate of drug-likeness (QED) is 0.632. The van der Waals surface area contributed by atoms with Crippen molar-refractivity contribution >= 4 is 35.7 Å². The van der Waals surface area contributed by atoms with E-state index < -0.39 is 12.1 Å². The van der Waals surface area contributed by atoms with Crippen LogP contribution in [0.4, 0.5) is 16.2 Å². The van der Waals surface area contributed by atoms with Gasteiger partial charge in [-0.15, -0.1) is 0 Å². The second-order valence-electron chi connectivity index (χ2n) is 10.9. The number of carbonyl (C=O) groups is 2. The molecule has 0 bridgehead atoms. The first-order chi connectivity index (χ1) is 18.4. The van der Waals surface area contributed by atoms with Gasteiger partial charge in [0.2, 0.25) is 6.04 Å². The molecule has 9 heteroatoms. The fourth-order valence-electron chi connectivity index (χ4n) is 5.71. The normalized spacial score (nSPS) is 23.8. The van der Waals surface area contributed by atoms with E-state index in [1.165, 1.54) is 15.8 Å². The molecule has 2 unspecified atom stereocenters. The molecule has 1 spiro atoms. The zero-order chi connectivity index (χ0) is 26.3. The van der Waals surface area contributed by atoms with E-state index in [0.717, 1.165) is 51.3 Å². The van der Waals surface area contributed by atoms with E-state index in [1.54, 1.807) is 24.4 Å². The van der Waals surface area contributed by atoms with E-state index in [2.05, 4.69) is 46.5 Å². The summed E-state index contributed by atoms with van der Waals surface area (Å²) in [5.74, 6) is 0.418. The third kappa shape index (κ3) is 4.78. The number of benzene rings is 2. The Morgan fingerprint density at radius 1 is 1.16 bits per heavy atom. The molecule has 0 aliphatic carbocycles. The molecular formula is C29H34N5O4+. The lowest BCUT2D eigenvalue weighted by Crippen LogP contribution is -2.58. The largest absolute Gasteiger partial charge is 0.517 e. The summed E-state index contributed by atoms with van der Waals surface area (Å²) in [6.07, 6.45) is 6.49. The molecule has 3 amide bonds. The van der Waals surface area contributed by atoms with Gasteiger partial charge in [0.15, 0.2) is 0 Å². The monoisotopic (exact) mass is 516 g/mol. The first-order valence-electron chi connectivity index (χ1n) is 13.3. The lowest BCUT2D eigenvalue weighted by atomic mass is 9.73. The van der Waals surface area contributed by atoms with Gasteiger partial charge in [-0.3, -0.25) is 4.79 Å². The minimum absolute atomic E-state index is 0.0108. The molecule has 6 rings (SSSR count). The van der Waals surface area contributed by atoms with Crippen LogP contribution in [0.15, 0.2) is 47.6 Å². The Balaban J connectivity index is 1.09. The molecule has 4 aliphatic rings. The van der Waals surface area contributed by atoms with E-state index >= 15 is 0 Å². The average Bonchev–Trinajstić information content (AvgIpc) is 3.35. The number of anilines is 2. The Bertz CT molecular complexity index is 1290. The van der Waals surface area contributed by atoms with Crippen molar-refractivity contribution in [2.24, 2.45) is 16.4 Å². The van der Waals surface area contributed by atoms with Crippen molar-refractivity contribution in [3.8, 4) is 5.75 Å². The molecule has 2 aromatic rings. The van der Waals surface area contributed by atoms with Crippen LogP contribution in [0.3, 0.4) is 0 Å². The number of nitrogens with one attached hydrogen (secondary N) is 1. The summed E-state index contributed by atoms with van der Waals surface area (Å²) in [5.41, 5.74) is 4.53. The molecule has 2 saturated heterocycles. The summed E-state index contributed by atoms with van der Waals surface area (Å²) >= 11 is 0. The van der Waals surface area contributed by atoms with Crippen molar-refractivity contribution < 1.29 is 23.7 Å². The van der Waals surface area contributed by atoms with E-state index in [1.807, 2.05) is 18.2 Å². The highest BCUT2D eigenvalue weighted by Crippen LogP contribution is 2.44. The highest BCUT2D eigenvalue weighted by molar-refractivity contribution is 6.01. The summed E-state index contributed by atoms with van der Waals surface area (Å²) in [6.45, 7) is 5.79. The van der Waals surface area contributed by atoms with Crippen LogP contribution in [-0.4, -0.2) is 75.1 Å². The number of amides is 3. The molecule has 0 aromatic heterocycles. The van der Waals surface area contributed by atoms with Crippen LogP contribution in [0.5, 0.6) is 5.75 Å². The van der Waals surface area contributed by atoms with Gasteiger partial charge in [0.25, 0.3) is 5.91 Å². The van der Waals surface area contributed by atoms with Crippen molar-refractivity contribution in [2.45, 2.75) is 32.2 Å². The van der Waals surface area contributed by atoms with Crippen molar-refractivity contribution in [1.29, 1.82) is 0 Å². The Kier molecular flexibility index (Phi) is 6.39.